The fourth-order valence-electron chi connectivity index (χ4n) is 3.61. The maximum atomic E-state index is 14.9. The minimum atomic E-state index is -0.720. The number of hydrogen-bond donors (Lipinski definition) is 4. The van der Waals surface area contributed by atoms with Crippen LogP contribution >= 0.6 is 12.4 Å². The Balaban J connectivity index is 0.00000441. The predicted octanol–water partition coefficient (Wildman–Crippen LogP) is 5.41. The van der Waals surface area contributed by atoms with E-state index in [1.807, 2.05) is 20.8 Å². The largest absolute Gasteiger partial charge is 0.457 e. The number of pyridine rings is 1. The SMILES string of the molecule is CNC(=O)c1cc(Oc2ccc(NC(=O)Nc3cc(C(C)(C)C)nn3-c3cccc(CO)c3)c(F)c2)ccn1.Cl. The molecule has 3 amide bonds. The first-order valence-electron chi connectivity index (χ1n) is 12.1. The Bertz CT molecular complexity index is 1520. The minimum absolute atomic E-state index is 0. The summed E-state index contributed by atoms with van der Waals surface area (Å²) in [6, 6.07) is 15.2. The normalized spacial score (nSPS) is 10.8. The van der Waals surface area contributed by atoms with E-state index in [0.717, 1.165) is 11.8 Å². The molecule has 2 aromatic heterocycles. The third kappa shape index (κ3) is 7.13. The number of hydrogen-bond acceptors (Lipinski definition) is 6. The van der Waals surface area contributed by atoms with Crippen LogP contribution in [0.2, 0.25) is 0 Å². The Labute approximate surface area is 237 Å². The Morgan fingerprint density at radius 2 is 1.77 bits per heavy atom. The van der Waals surface area contributed by atoms with Crippen LogP contribution in [-0.4, -0.2) is 38.9 Å². The zero-order valence-corrected chi connectivity index (χ0v) is 23.2. The van der Waals surface area contributed by atoms with E-state index in [1.54, 1.807) is 35.0 Å². The quantitative estimate of drug-likeness (QED) is 0.236. The third-order valence-corrected chi connectivity index (χ3v) is 5.67. The molecule has 0 aliphatic carbocycles. The van der Waals surface area contributed by atoms with E-state index in [1.165, 1.54) is 37.5 Å². The molecular formula is C28H30ClFN6O4. The van der Waals surface area contributed by atoms with Crippen molar-refractivity contribution in [3.05, 3.63) is 89.6 Å². The third-order valence-electron chi connectivity index (χ3n) is 5.67. The summed E-state index contributed by atoms with van der Waals surface area (Å²) < 4.78 is 22.1. The van der Waals surface area contributed by atoms with Gasteiger partial charge in [-0.05, 0) is 35.9 Å². The highest BCUT2D eigenvalue weighted by molar-refractivity contribution is 5.99. The van der Waals surface area contributed by atoms with Crippen molar-refractivity contribution in [2.24, 2.45) is 0 Å². The summed E-state index contributed by atoms with van der Waals surface area (Å²) in [7, 11) is 1.49. The Morgan fingerprint density at radius 1 is 1.02 bits per heavy atom. The second-order valence-electron chi connectivity index (χ2n) is 9.68. The molecule has 0 unspecified atom stereocenters. The van der Waals surface area contributed by atoms with Crippen molar-refractivity contribution in [1.29, 1.82) is 0 Å². The molecule has 0 radical (unpaired) electrons. The number of aliphatic hydroxyl groups is 1. The lowest BCUT2D eigenvalue weighted by molar-refractivity contribution is 0.0957. The van der Waals surface area contributed by atoms with Gasteiger partial charge in [-0.1, -0.05) is 32.9 Å². The summed E-state index contributed by atoms with van der Waals surface area (Å²) in [6.45, 7) is 5.86. The molecule has 4 rings (SSSR count). The molecule has 10 nitrogen and oxygen atoms in total. The lowest BCUT2D eigenvalue weighted by atomic mass is 9.92. The molecular weight excluding hydrogens is 539 g/mol. The van der Waals surface area contributed by atoms with Crippen LogP contribution in [0.5, 0.6) is 11.5 Å². The average Bonchev–Trinajstić information content (AvgIpc) is 3.34. The highest BCUT2D eigenvalue weighted by Crippen LogP contribution is 2.28. The van der Waals surface area contributed by atoms with Crippen molar-refractivity contribution in [2.75, 3.05) is 17.7 Å². The van der Waals surface area contributed by atoms with Gasteiger partial charge in [-0.2, -0.15) is 5.10 Å². The van der Waals surface area contributed by atoms with Crippen LogP contribution in [0.4, 0.5) is 20.7 Å². The molecule has 0 fully saturated rings. The van der Waals surface area contributed by atoms with Gasteiger partial charge in [-0.3, -0.25) is 15.1 Å². The van der Waals surface area contributed by atoms with Crippen molar-refractivity contribution in [2.45, 2.75) is 32.8 Å². The summed E-state index contributed by atoms with van der Waals surface area (Å²) in [4.78, 5) is 28.6. The number of rotatable bonds is 7. The lowest BCUT2D eigenvalue weighted by Crippen LogP contribution is -2.22. The summed E-state index contributed by atoms with van der Waals surface area (Å²) >= 11 is 0. The van der Waals surface area contributed by atoms with Crippen molar-refractivity contribution < 1.29 is 23.8 Å². The summed E-state index contributed by atoms with van der Waals surface area (Å²) in [5, 5.41) is 21.9. The van der Waals surface area contributed by atoms with Gasteiger partial charge in [-0.25, -0.2) is 13.9 Å². The number of halogens is 2. The van der Waals surface area contributed by atoms with E-state index < -0.39 is 11.8 Å². The molecule has 0 atom stereocenters. The highest BCUT2D eigenvalue weighted by Gasteiger charge is 2.22. The van der Waals surface area contributed by atoms with Gasteiger partial charge in [0.25, 0.3) is 5.91 Å². The maximum Gasteiger partial charge on any atom is 0.324 e. The first-order valence-corrected chi connectivity index (χ1v) is 12.1. The molecule has 0 spiro atoms. The van der Waals surface area contributed by atoms with Crippen LogP contribution in [0.15, 0.2) is 66.9 Å². The molecule has 0 saturated carbocycles. The second kappa shape index (κ2) is 12.6. The summed E-state index contributed by atoms with van der Waals surface area (Å²) in [5.41, 5.74) is 1.86. The first kappa shape index (κ1) is 30.1. The van der Waals surface area contributed by atoms with Crippen LogP contribution in [0, 0.1) is 5.82 Å². The zero-order chi connectivity index (χ0) is 28.2. The lowest BCUT2D eigenvalue weighted by Gasteiger charge is -2.14. The molecule has 12 heteroatoms. The molecule has 2 heterocycles. The van der Waals surface area contributed by atoms with E-state index >= 15 is 0 Å². The molecule has 0 saturated heterocycles. The number of benzene rings is 2. The molecule has 40 heavy (non-hydrogen) atoms. The van der Waals surface area contributed by atoms with Gasteiger partial charge in [0.05, 0.1) is 23.7 Å². The average molecular weight is 569 g/mol. The van der Waals surface area contributed by atoms with Crippen LogP contribution in [0.25, 0.3) is 5.69 Å². The molecule has 0 bridgehead atoms. The van der Waals surface area contributed by atoms with Gasteiger partial charge in [0.2, 0.25) is 0 Å². The first-order chi connectivity index (χ1) is 18.6. The van der Waals surface area contributed by atoms with Gasteiger partial charge >= 0.3 is 6.03 Å². The molecule has 0 aliphatic rings. The van der Waals surface area contributed by atoms with Crippen LogP contribution in [-0.2, 0) is 12.0 Å². The number of nitrogens with one attached hydrogen (secondary N) is 3. The molecule has 0 aliphatic heterocycles. The van der Waals surface area contributed by atoms with Gasteiger partial charge in [0.15, 0.2) is 0 Å². The molecule has 4 aromatic rings. The smallest absolute Gasteiger partial charge is 0.324 e. The number of aliphatic hydroxyl groups excluding tert-OH is 1. The Hall–Kier alpha value is -4.48. The number of ether oxygens (including phenoxy) is 1. The van der Waals surface area contributed by atoms with E-state index in [-0.39, 0.29) is 47.5 Å². The number of nitrogens with zero attached hydrogens (tertiary/aromatic N) is 3. The zero-order valence-electron chi connectivity index (χ0n) is 22.4. The number of carbonyl (C=O) groups is 2. The van der Waals surface area contributed by atoms with Gasteiger partial charge < -0.3 is 20.5 Å². The van der Waals surface area contributed by atoms with Crippen LogP contribution in [0.1, 0.15) is 42.5 Å². The van der Waals surface area contributed by atoms with Crippen LogP contribution < -0.4 is 20.7 Å². The summed E-state index contributed by atoms with van der Waals surface area (Å²) in [6.07, 6.45) is 1.41. The predicted molar refractivity (Wildman–Crippen MR) is 152 cm³/mol. The van der Waals surface area contributed by atoms with E-state index in [2.05, 4.69) is 26.0 Å². The second-order valence-corrected chi connectivity index (χ2v) is 9.68. The monoisotopic (exact) mass is 568 g/mol. The summed E-state index contributed by atoms with van der Waals surface area (Å²) in [5.74, 6) is -0.256. The molecule has 2 aromatic carbocycles. The fraction of sp³-hybridized carbons (Fsp3) is 0.214. The van der Waals surface area contributed by atoms with Gasteiger partial charge in [0, 0.05) is 36.9 Å². The number of anilines is 2. The van der Waals surface area contributed by atoms with Crippen molar-refractivity contribution in [3.8, 4) is 17.2 Å². The Morgan fingerprint density at radius 3 is 2.45 bits per heavy atom. The highest BCUT2D eigenvalue weighted by atomic mass is 35.5. The van der Waals surface area contributed by atoms with E-state index in [0.29, 0.717) is 22.8 Å². The van der Waals surface area contributed by atoms with Gasteiger partial charge in [-0.15, -0.1) is 12.4 Å². The van der Waals surface area contributed by atoms with Crippen LogP contribution in [0.3, 0.4) is 0 Å². The van der Waals surface area contributed by atoms with E-state index in [4.69, 9.17) is 4.74 Å². The number of aromatic nitrogens is 3. The fourth-order valence-corrected chi connectivity index (χ4v) is 3.61. The number of amides is 3. The standard InChI is InChI=1S/C28H29FN6O4.ClH/c1-28(2,3)24-15-25(35(34-24)18-7-5-6-17(12-18)16-36)33-27(38)32-22-9-8-19(13-21(22)29)39-20-10-11-31-23(14-20)26(37)30-4;/h5-15,36H,16H2,1-4H3,(H,30,37)(H2,32,33,38);1H. The number of urea groups is 1. The van der Waals surface area contributed by atoms with Gasteiger partial charge in [0.1, 0.15) is 28.8 Å². The van der Waals surface area contributed by atoms with Crippen molar-refractivity contribution in [3.63, 3.8) is 0 Å². The Kier molecular flexibility index (Phi) is 9.46. The maximum absolute atomic E-state index is 14.9. The number of carbonyl (C=O) groups excluding carboxylic acids is 2. The van der Waals surface area contributed by atoms with Crippen molar-refractivity contribution in [1.82, 2.24) is 20.1 Å². The molecule has 210 valence electrons. The van der Waals surface area contributed by atoms with Crippen molar-refractivity contribution >= 4 is 35.9 Å². The topological polar surface area (TPSA) is 130 Å². The minimum Gasteiger partial charge on any atom is -0.457 e. The molecule has 4 N–H and O–H groups in total. The van der Waals surface area contributed by atoms with E-state index in [9.17, 15) is 19.1 Å².